The van der Waals surface area contributed by atoms with Gasteiger partial charge >= 0.3 is 0 Å². The molecular formula is C18H21N3O4S. The maximum atomic E-state index is 12.7. The number of carbonyl (C=O) groups excluding carboxylic acids is 1. The molecular weight excluding hydrogens is 354 g/mol. The van der Waals surface area contributed by atoms with Crippen LogP contribution in [0.5, 0.6) is 11.5 Å². The predicted molar refractivity (Wildman–Crippen MR) is 100 cm³/mol. The summed E-state index contributed by atoms with van der Waals surface area (Å²) in [4.78, 5) is 32.1. The third kappa shape index (κ3) is 3.70. The standard InChI is InChI=1S/C18H21N3O4S/c1-3-7-26-18-20-16-15(17(24)21-18)11(9-14(23)19-16)10-5-6-12(22)13(8-10)25-4-2/h5-6,8,11,22H,3-4,7,9H2,1-2H3,(H2,19,20,21,23,24)/t11-/m1/s1. The lowest BCUT2D eigenvalue weighted by Crippen LogP contribution is -2.31. The summed E-state index contributed by atoms with van der Waals surface area (Å²) in [6.07, 6.45) is 1.09. The Kier molecular flexibility index (Phi) is 5.51. The Morgan fingerprint density at radius 1 is 1.35 bits per heavy atom. The zero-order chi connectivity index (χ0) is 18.7. The number of thioether (sulfide) groups is 1. The molecule has 1 aliphatic rings. The van der Waals surface area contributed by atoms with Gasteiger partial charge in [-0.3, -0.25) is 9.59 Å². The largest absolute Gasteiger partial charge is 0.504 e. The molecule has 1 atom stereocenters. The third-order valence-corrected chi connectivity index (χ3v) is 5.14. The van der Waals surface area contributed by atoms with Gasteiger partial charge in [-0.1, -0.05) is 24.8 Å². The number of phenolic OH excluding ortho intramolecular Hbond substituents is 1. The molecule has 7 nitrogen and oxygen atoms in total. The number of carbonyl (C=O) groups is 1. The minimum Gasteiger partial charge on any atom is -0.504 e. The molecule has 1 aromatic carbocycles. The van der Waals surface area contributed by atoms with Gasteiger partial charge in [0, 0.05) is 18.1 Å². The molecule has 0 spiro atoms. The highest BCUT2D eigenvalue weighted by molar-refractivity contribution is 7.99. The Morgan fingerprint density at radius 3 is 2.88 bits per heavy atom. The molecule has 138 valence electrons. The summed E-state index contributed by atoms with van der Waals surface area (Å²) in [5.41, 5.74) is 0.895. The van der Waals surface area contributed by atoms with Crippen molar-refractivity contribution in [2.75, 3.05) is 17.7 Å². The molecule has 0 radical (unpaired) electrons. The zero-order valence-corrected chi connectivity index (χ0v) is 15.5. The molecule has 0 unspecified atom stereocenters. The van der Waals surface area contributed by atoms with Crippen molar-refractivity contribution < 1.29 is 14.6 Å². The van der Waals surface area contributed by atoms with Crippen LogP contribution in [-0.2, 0) is 4.79 Å². The van der Waals surface area contributed by atoms with Crippen LogP contribution in [0.2, 0.25) is 0 Å². The van der Waals surface area contributed by atoms with E-state index in [0.717, 1.165) is 17.7 Å². The van der Waals surface area contributed by atoms with Gasteiger partial charge in [0.05, 0.1) is 12.2 Å². The zero-order valence-electron chi connectivity index (χ0n) is 14.7. The Balaban J connectivity index is 2.05. The van der Waals surface area contributed by atoms with Gasteiger partial charge in [-0.25, -0.2) is 4.98 Å². The second-order valence-corrected chi connectivity index (χ2v) is 7.03. The maximum absolute atomic E-state index is 12.7. The number of phenols is 1. The summed E-state index contributed by atoms with van der Waals surface area (Å²) < 4.78 is 5.42. The number of aromatic nitrogens is 2. The number of H-pyrrole nitrogens is 1. The van der Waals surface area contributed by atoms with Crippen LogP contribution in [0.4, 0.5) is 5.82 Å². The van der Waals surface area contributed by atoms with Crippen LogP contribution in [0.1, 0.15) is 43.7 Å². The van der Waals surface area contributed by atoms with Crippen molar-refractivity contribution in [3.63, 3.8) is 0 Å². The fourth-order valence-corrected chi connectivity index (χ4v) is 3.64. The molecule has 0 saturated heterocycles. The van der Waals surface area contributed by atoms with Crippen molar-refractivity contribution in [1.82, 2.24) is 9.97 Å². The van der Waals surface area contributed by atoms with Gasteiger partial charge in [0.1, 0.15) is 5.82 Å². The number of amides is 1. The Hall–Kier alpha value is -2.48. The molecule has 2 heterocycles. The number of aromatic hydroxyl groups is 1. The molecule has 3 rings (SSSR count). The van der Waals surface area contributed by atoms with Crippen molar-refractivity contribution in [1.29, 1.82) is 0 Å². The Labute approximate surface area is 155 Å². The number of ether oxygens (including phenoxy) is 1. The smallest absolute Gasteiger partial charge is 0.257 e. The molecule has 1 amide bonds. The molecule has 3 N–H and O–H groups in total. The third-order valence-electron chi connectivity index (χ3n) is 4.06. The topological polar surface area (TPSA) is 104 Å². The number of hydrogen-bond acceptors (Lipinski definition) is 6. The first kappa shape index (κ1) is 18.3. The first-order valence-electron chi connectivity index (χ1n) is 8.56. The first-order chi connectivity index (χ1) is 12.5. The monoisotopic (exact) mass is 375 g/mol. The van der Waals surface area contributed by atoms with E-state index >= 15 is 0 Å². The van der Waals surface area contributed by atoms with Crippen molar-refractivity contribution >= 4 is 23.5 Å². The van der Waals surface area contributed by atoms with Gasteiger partial charge in [0.15, 0.2) is 16.7 Å². The second kappa shape index (κ2) is 7.82. The summed E-state index contributed by atoms with van der Waals surface area (Å²) in [6.45, 7) is 4.26. The van der Waals surface area contributed by atoms with Crippen LogP contribution >= 0.6 is 11.8 Å². The number of rotatable bonds is 6. The molecule has 0 bridgehead atoms. The summed E-state index contributed by atoms with van der Waals surface area (Å²) in [7, 11) is 0. The SMILES string of the molecule is CCCSc1nc2c(c(=O)[nH]1)[C@@H](c1ccc(O)c(OCC)c1)CC(=O)N2. The van der Waals surface area contributed by atoms with Gasteiger partial charge in [-0.05, 0) is 31.0 Å². The van der Waals surface area contributed by atoms with Crippen molar-refractivity contribution in [3.05, 3.63) is 39.7 Å². The lowest BCUT2D eigenvalue weighted by molar-refractivity contribution is -0.116. The van der Waals surface area contributed by atoms with Crippen molar-refractivity contribution in [2.45, 2.75) is 37.8 Å². The first-order valence-corrected chi connectivity index (χ1v) is 9.54. The van der Waals surface area contributed by atoms with E-state index in [4.69, 9.17) is 4.74 Å². The van der Waals surface area contributed by atoms with E-state index in [0.29, 0.717) is 28.9 Å². The van der Waals surface area contributed by atoms with Crippen molar-refractivity contribution in [3.8, 4) is 11.5 Å². The Bertz CT molecular complexity index is 881. The fraction of sp³-hybridized carbons (Fsp3) is 0.389. The van der Waals surface area contributed by atoms with Crippen LogP contribution in [0.25, 0.3) is 0 Å². The van der Waals surface area contributed by atoms with Crippen LogP contribution < -0.4 is 15.6 Å². The fourth-order valence-electron chi connectivity index (χ4n) is 2.92. The average Bonchev–Trinajstić information content (AvgIpc) is 2.61. The molecule has 8 heteroatoms. The van der Waals surface area contributed by atoms with E-state index in [1.807, 2.05) is 13.8 Å². The summed E-state index contributed by atoms with van der Waals surface area (Å²) in [5, 5.41) is 13.1. The quantitative estimate of drug-likeness (QED) is 0.530. The highest BCUT2D eigenvalue weighted by atomic mass is 32.2. The number of nitrogens with one attached hydrogen (secondary N) is 2. The highest BCUT2D eigenvalue weighted by Gasteiger charge is 2.31. The highest BCUT2D eigenvalue weighted by Crippen LogP contribution is 2.38. The van der Waals surface area contributed by atoms with Gasteiger partial charge in [-0.15, -0.1) is 0 Å². The number of benzene rings is 1. The lowest BCUT2D eigenvalue weighted by Gasteiger charge is -2.25. The minimum absolute atomic E-state index is 0.0226. The summed E-state index contributed by atoms with van der Waals surface area (Å²) in [6, 6.07) is 4.88. The number of aromatic amines is 1. The summed E-state index contributed by atoms with van der Waals surface area (Å²) >= 11 is 1.45. The van der Waals surface area contributed by atoms with E-state index in [1.54, 1.807) is 12.1 Å². The second-order valence-electron chi connectivity index (χ2n) is 5.95. The molecule has 26 heavy (non-hydrogen) atoms. The van der Waals surface area contributed by atoms with Crippen LogP contribution in [0.15, 0.2) is 28.2 Å². The lowest BCUT2D eigenvalue weighted by atomic mass is 9.86. The number of fused-ring (bicyclic) bond motifs is 1. The summed E-state index contributed by atoms with van der Waals surface area (Å²) in [5.74, 6) is 0.846. The molecule has 1 aromatic heterocycles. The van der Waals surface area contributed by atoms with Crippen LogP contribution in [0, 0.1) is 0 Å². The van der Waals surface area contributed by atoms with Crippen molar-refractivity contribution in [2.24, 2.45) is 0 Å². The molecule has 1 aliphatic heterocycles. The normalized spacial score (nSPS) is 16.1. The molecule has 2 aromatic rings. The minimum atomic E-state index is -0.444. The predicted octanol–water partition coefficient (Wildman–Crippen LogP) is 2.85. The average molecular weight is 375 g/mol. The maximum Gasteiger partial charge on any atom is 0.257 e. The molecule has 0 fully saturated rings. The molecule has 0 aliphatic carbocycles. The number of hydrogen-bond donors (Lipinski definition) is 3. The van der Waals surface area contributed by atoms with E-state index < -0.39 is 5.92 Å². The van der Waals surface area contributed by atoms with Gasteiger partial charge in [0.25, 0.3) is 5.56 Å². The van der Waals surface area contributed by atoms with E-state index in [-0.39, 0.29) is 23.6 Å². The van der Waals surface area contributed by atoms with Crippen LogP contribution in [0.3, 0.4) is 0 Å². The van der Waals surface area contributed by atoms with E-state index in [2.05, 4.69) is 15.3 Å². The van der Waals surface area contributed by atoms with E-state index in [1.165, 1.54) is 17.8 Å². The number of anilines is 1. The van der Waals surface area contributed by atoms with Crippen LogP contribution in [-0.4, -0.2) is 33.3 Å². The molecule has 0 saturated carbocycles. The Morgan fingerprint density at radius 2 is 2.15 bits per heavy atom. The number of nitrogens with zero attached hydrogens (tertiary/aromatic N) is 1. The van der Waals surface area contributed by atoms with Gasteiger partial charge in [-0.2, -0.15) is 0 Å². The van der Waals surface area contributed by atoms with E-state index in [9.17, 15) is 14.7 Å². The van der Waals surface area contributed by atoms with Gasteiger partial charge < -0.3 is 20.1 Å². The van der Waals surface area contributed by atoms with Gasteiger partial charge in [0.2, 0.25) is 5.91 Å².